The minimum absolute atomic E-state index is 0.321. The van der Waals surface area contributed by atoms with Gasteiger partial charge < -0.3 is 20.5 Å². The van der Waals surface area contributed by atoms with Gasteiger partial charge in [-0.1, -0.05) is 19.3 Å². The first-order valence-corrected chi connectivity index (χ1v) is 6.48. The van der Waals surface area contributed by atoms with E-state index in [-0.39, 0.29) is 0 Å². The topological polar surface area (TPSA) is 87.7 Å². The van der Waals surface area contributed by atoms with Crippen LogP contribution in [0, 0.1) is 0 Å². The van der Waals surface area contributed by atoms with Crippen molar-refractivity contribution in [2.24, 2.45) is 0 Å². The summed E-state index contributed by atoms with van der Waals surface area (Å²) in [5.41, 5.74) is 0. The minimum atomic E-state index is -1.05. The normalized spacial score (nSPS) is 18.1. The number of carbonyl (C=O) groups excluding carboxylic acids is 1. The largest absolute Gasteiger partial charge is 0.480 e. The zero-order chi connectivity index (χ0) is 13.4. The molecule has 0 unspecified atom stereocenters. The van der Waals surface area contributed by atoms with E-state index in [1.165, 1.54) is 26.2 Å². The molecule has 1 saturated carbocycles. The Labute approximate surface area is 107 Å². The summed E-state index contributed by atoms with van der Waals surface area (Å²) in [6.45, 7) is 2.29. The summed E-state index contributed by atoms with van der Waals surface area (Å²) in [6, 6.07) is -1.36. The van der Waals surface area contributed by atoms with Gasteiger partial charge in [-0.05, 0) is 19.8 Å². The summed E-state index contributed by atoms with van der Waals surface area (Å²) < 4.78 is 5.63. The van der Waals surface area contributed by atoms with Crippen LogP contribution in [0.25, 0.3) is 0 Å². The molecule has 6 heteroatoms. The van der Waals surface area contributed by atoms with Crippen LogP contribution in [0.2, 0.25) is 0 Å². The van der Waals surface area contributed by atoms with Gasteiger partial charge in [-0.2, -0.15) is 0 Å². The van der Waals surface area contributed by atoms with E-state index in [9.17, 15) is 9.59 Å². The van der Waals surface area contributed by atoms with Crippen molar-refractivity contribution in [3.05, 3.63) is 0 Å². The third-order valence-electron chi connectivity index (χ3n) is 3.01. The average molecular weight is 258 g/mol. The van der Waals surface area contributed by atoms with E-state index in [1.807, 2.05) is 0 Å². The van der Waals surface area contributed by atoms with Crippen LogP contribution >= 0.6 is 0 Å². The third-order valence-corrected chi connectivity index (χ3v) is 3.01. The summed E-state index contributed by atoms with van der Waals surface area (Å²) in [4.78, 5) is 21.8. The number of nitrogens with one attached hydrogen (secondary N) is 2. The number of aliphatic carboxylic acids is 1. The van der Waals surface area contributed by atoms with Gasteiger partial charge in [0.05, 0.1) is 12.7 Å². The van der Waals surface area contributed by atoms with E-state index in [0.29, 0.717) is 19.3 Å². The standard InChI is InChI=1S/C12H22N2O4/c1-9(11(15)16)14-12(17)13-7-8-18-10-5-3-2-4-6-10/h9-10H,2-8H2,1H3,(H,15,16)(H2,13,14,17)/t9-/m1/s1. The molecule has 0 spiro atoms. The van der Waals surface area contributed by atoms with Crippen molar-refractivity contribution in [2.45, 2.75) is 51.2 Å². The second-order valence-corrected chi connectivity index (χ2v) is 4.59. The fraction of sp³-hybridized carbons (Fsp3) is 0.833. The van der Waals surface area contributed by atoms with Crippen molar-refractivity contribution in [2.75, 3.05) is 13.2 Å². The molecule has 6 nitrogen and oxygen atoms in total. The highest BCUT2D eigenvalue weighted by Gasteiger charge is 2.14. The predicted octanol–water partition coefficient (Wildman–Crippen LogP) is 1.11. The van der Waals surface area contributed by atoms with Gasteiger partial charge in [0.25, 0.3) is 0 Å². The van der Waals surface area contributed by atoms with Gasteiger partial charge in [0.1, 0.15) is 6.04 Å². The molecule has 1 aliphatic carbocycles. The van der Waals surface area contributed by atoms with Crippen LogP contribution in [0.1, 0.15) is 39.0 Å². The van der Waals surface area contributed by atoms with Crippen molar-refractivity contribution >= 4 is 12.0 Å². The van der Waals surface area contributed by atoms with Crippen molar-refractivity contribution in [1.29, 1.82) is 0 Å². The van der Waals surface area contributed by atoms with Crippen LogP contribution in [0.3, 0.4) is 0 Å². The maximum Gasteiger partial charge on any atom is 0.325 e. The molecule has 1 aliphatic rings. The number of amides is 2. The summed E-state index contributed by atoms with van der Waals surface area (Å²) >= 11 is 0. The molecular formula is C12H22N2O4. The van der Waals surface area contributed by atoms with Crippen LogP contribution in [-0.4, -0.2) is 42.4 Å². The van der Waals surface area contributed by atoms with E-state index in [2.05, 4.69) is 10.6 Å². The molecule has 0 aromatic carbocycles. The Balaban J connectivity index is 2.03. The molecule has 0 aromatic heterocycles. The van der Waals surface area contributed by atoms with E-state index >= 15 is 0 Å². The number of carboxylic acid groups (broad SMARTS) is 1. The molecule has 104 valence electrons. The van der Waals surface area contributed by atoms with Crippen molar-refractivity contribution in [3.63, 3.8) is 0 Å². The van der Waals surface area contributed by atoms with Gasteiger partial charge in [-0.15, -0.1) is 0 Å². The van der Waals surface area contributed by atoms with Gasteiger partial charge in [0, 0.05) is 6.54 Å². The zero-order valence-electron chi connectivity index (χ0n) is 10.8. The van der Waals surface area contributed by atoms with Crippen LogP contribution in [0.15, 0.2) is 0 Å². The molecule has 0 saturated heterocycles. The molecule has 2 amide bonds. The molecule has 0 aromatic rings. The Bertz CT molecular complexity index is 277. The lowest BCUT2D eigenvalue weighted by Crippen LogP contribution is -2.45. The lowest BCUT2D eigenvalue weighted by atomic mass is 9.98. The number of hydrogen-bond acceptors (Lipinski definition) is 3. The Hall–Kier alpha value is -1.30. The number of urea groups is 1. The lowest BCUT2D eigenvalue weighted by Gasteiger charge is -2.22. The Morgan fingerprint density at radius 1 is 1.33 bits per heavy atom. The van der Waals surface area contributed by atoms with Crippen molar-refractivity contribution in [1.82, 2.24) is 10.6 Å². The average Bonchev–Trinajstić information content (AvgIpc) is 2.35. The molecule has 0 radical (unpaired) electrons. The summed E-state index contributed by atoms with van der Waals surface area (Å²) in [7, 11) is 0. The zero-order valence-corrected chi connectivity index (χ0v) is 10.8. The monoisotopic (exact) mass is 258 g/mol. The first kappa shape index (κ1) is 14.8. The fourth-order valence-corrected chi connectivity index (χ4v) is 1.93. The molecule has 0 heterocycles. The highest BCUT2D eigenvalue weighted by molar-refractivity contribution is 5.82. The van der Waals surface area contributed by atoms with Crippen LogP contribution in [0.5, 0.6) is 0 Å². The number of ether oxygens (including phenoxy) is 1. The van der Waals surface area contributed by atoms with Gasteiger partial charge in [0.2, 0.25) is 0 Å². The summed E-state index contributed by atoms with van der Waals surface area (Å²) in [5, 5.41) is 13.5. The third kappa shape index (κ3) is 5.86. The molecule has 1 rings (SSSR count). The van der Waals surface area contributed by atoms with Crippen LogP contribution < -0.4 is 10.6 Å². The molecular weight excluding hydrogens is 236 g/mol. The second-order valence-electron chi connectivity index (χ2n) is 4.59. The van der Waals surface area contributed by atoms with Gasteiger partial charge in [-0.3, -0.25) is 4.79 Å². The van der Waals surface area contributed by atoms with Crippen molar-refractivity contribution < 1.29 is 19.4 Å². The first-order chi connectivity index (χ1) is 8.59. The lowest BCUT2D eigenvalue weighted by molar-refractivity contribution is -0.138. The van der Waals surface area contributed by atoms with Gasteiger partial charge in [-0.25, -0.2) is 4.79 Å². The maximum atomic E-state index is 11.3. The molecule has 1 atom stereocenters. The number of carboxylic acids is 1. The first-order valence-electron chi connectivity index (χ1n) is 6.48. The molecule has 1 fully saturated rings. The Kier molecular flexibility index (Phi) is 6.49. The van der Waals surface area contributed by atoms with Crippen LogP contribution in [0.4, 0.5) is 4.79 Å². The highest BCUT2D eigenvalue weighted by Crippen LogP contribution is 2.19. The van der Waals surface area contributed by atoms with E-state index in [1.54, 1.807) is 0 Å². The summed E-state index contributed by atoms with van der Waals surface area (Å²) in [6.07, 6.45) is 6.24. The Morgan fingerprint density at radius 2 is 2.00 bits per heavy atom. The van der Waals surface area contributed by atoms with Crippen molar-refractivity contribution in [3.8, 4) is 0 Å². The fourth-order valence-electron chi connectivity index (χ4n) is 1.93. The van der Waals surface area contributed by atoms with E-state index in [4.69, 9.17) is 9.84 Å². The highest BCUT2D eigenvalue weighted by atomic mass is 16.5. The van der Waals surface area contributed by atoms with E-state index < -0.39 is 18.0 Å². The van der Waals surface area contributed by atoms with Crippen LogP contribution in [-0.2, 0) is 9.53 Å². The second kappa shape index (κ2) is 7.92. The number of rotatable bonds is 6. The minimum Gasteiger partial charge on any atom is -0.480 e. The maximum absolute atomic E-state index is 11.3. The van der Waals surface area contributed by atoms with Gasteiger partial charge in [0.15, 0.2) is 0 Å². The summed E-state index contributed by atoms with van der Waals surface area (Å²) in [5.74, 6) is -1.05. The predicted molar refractivity (Wildman–Crippen MR) is 66.5 cm³/mol. The SMILES string of the molecule is C[C@@H](NC(=O)NCCOC1CCCCC1)C(=O)O. The molecule has 0 bridgehead atoms. The molecule has 3 N–H and O–H groups in total. The quantitative estimate of drug-likeness (QED) is 0.623. The smallest absolute Gasteiger partial charge is 0.325 e. The Morgan fingerprint density at radius 3 is 2.61 bits per heavy atom. The van der Waals surface area contributed by atoms with Gasteiger partial charge >= 0.3 is 12.0 Å². The molecule has 0 aliphatic heterocycles. The number of carbonyl (C=O) groups is 2. The number of hydrogen-bond donors (Lipinski definition) is 3. The molecule has 18 heavy (non-hydrogen) atoms. The van der Waals surface area contributed by atoms with E-state index in [0.717, 1.165) is 12.8 Å².